The minimum Gasteiger partial charge on any atom is -0.307 e. The Balaban J connectivity index is 2.09. The summed E-state index contributed by atoms with van der Waals surface area (Å²) in [6.45, 7) is 0. The molecule has 1 aromatic heterocycles. The predicted octanol–water partition coefficient (Wildman–Crippen LogP) is 2.38. The Kier molecular flexibility index (Phi) is 3.26. The fourth-order valence-corrected chi connectivity index (χ4v) is 1.67. The smallest absolute Gasteiger partial charge is 0.256 e. The van der Waals surface area contributed by atoms with Crippen LogP contribution in [0.25, 0.3) is 0 Å². The van der Waals surface area contributed by atoms with E-state index in [-0.39, 0.29) is 5.91 Å². The average molecular weight is 233 g/mol. The van der Waals surface area contributed by atoms with Crippen molar-refractivity contribution >= 4 is 23.5 Å². The number of thioether (sulfide) groups is 1. The first-order chi connectivity index (χ1) is 7.79. The summed E-state index contributed by atoms with van der Waals surface area (Å²) in [5.74, 6) is 0.454. The largest absolute Gasteiger partial charge is 0.307 e. The highest BCUT2D eigenvalue weighted by Crippen LogP contribution is 2.15. The number of nitrogens with one attached hydrogen (secondary N) is 2. The van der Waals surface area contributed by atoms with Crippen molar-refractivity contribution in [3.8, 4) is 0 Å². The molecule has 82 valence electrons. The van der Waals surface area contributed by atoms with Crippen molar-refractivity contribution in [1.29, 1.82) is 0 Å². The number of benzene rings is 1. The molecule has 0 aliphatic heterocycles. The second-order valence-electron chi connectivity index (χ2n) is 3.15. The van der Waals surface area contributed by atoms with Crippen LogP contribution in [0.15, 0.2) is 41.4 Å². The third-order valence-corrected chi connectivity index (χ3v) is 2.84. The maximum Gasteiger partial charge on any atom is 0.256 e. The molecule has 16 heavy (non-hydrogen) atoms. The zero-order valence-corrected chi connectivity index (χ0v) is 9.54. The van der Waals surface area contributed by atoms with Crippen molar-refractivity contribution in [1.82, 2.24) is 10.2 Å². The first kappa shape index (κ1) is 10.8. The van der Waals surface area contributed by atoms with Gasteiger partial charge in [0.05, 0.1) is 6.20 Å². The lowest BCUT2D eigenvalue weighted by molar-refractivity contribution is 0.102. The van der Waals surface area contributed by atoms with Crippen molar-refractivity contribution in [3.63, 3.8) is 0 Å². The molecular formula is C11H11N3OS. The molecule has 2 aromatic rings. The molecule has 2 rings (SSSR count). The first-order valence-corrected chi connectivity index (χ1v) is 5.97. The van der Waals surface area contributed by atoms with Crippen molar-refractivity contribution in [3.05, 3.63) is 42.1 Å². The lowest BCUT2D eigenvalue weighted by atomic mass is 10.2. The van der Waals surface area contributed by atoms with Gasteiger partial charge in [0, 0.05) is 16.5 Å². The molecule has 0 unspecified atom stereocenters. The lowest BCUT2D eigenvalue weighted by Gasteiger charge is -2.02. The van der Waals surface area contributed by atoms with Gasteiger partial charge in [0.25, 0.3) is 5.91 Å². The molecule has 0 atom stereocenters. The SMILES string of the molecule is CSc1ccc(C(=O)Nc2ccn[nH]2)cc1. The van der Waals surface area contributed by atoms with Gasteiger partial charge < -0.3 is 5.32 Å². The number of carbonyl (C=O) groups excluding carboxylic acids is 1. The highest BCUT2D eigenvalue weighted by atomic mass is 32.2. The van der Waals surface area contributed by atoms with Gasteiger partial charge in [-0.1, -0.05) is 0 Å². The number of nitrogens with zero attached hydrogens (tertiary/aromatic N) is 1. The molecule has 0 saturated heterocycles. The van der Waals surface area contributed by atoms with Crippen LogP contribution in [0.5, 0.6) is 0 Å². The van der Waals surface area contributed by atoms with E-state index in [1.54, 1.807) is 36.2 Å². The standard InChI is InChI=1S/C11H11N3OS/c1-16-9-4-2-8(3-5-9)11(15)13-10-6-7-12-14-10/h2-7H,1H3,(H2,12,13,14,15). The number of H-pyrrole nitrogens is 1. The third kappa shape index (κ3) is 2.43. The van der Waals surface area contributed by atoms with Gasteiger partial charge in [-0.3, -0.25) is 9.89 Å². The highest BCUT2D eigenvalue weighted by Gasteiger charge is 2.05. The second kappa shape index (κ2) is 4.85. The number of rotatable bonds is 3. The molecule has 1 aromatic carbocycles. The van der Waals surface area contributed by atoms with Crippen LogP contribution in [0.3, 0.4) is 0 Å². The van der Waals surface area contributed by atoms with Gasteiger partial charge in [-0.2, -0.15) is 5.10 Å². The molecule has 0 spiro atoms. The van der Waals surface area contributed by atoms with Crippen LogP contribution in [-0.2, 0) is 0 Å². The number of amides is 1. The number of hydrogen-bond acceptors (Lipinski definition) is 3. The van der Waals surface area contributed by atoms with Gasteiger partial charge in [-0.05, 0) is 30.5 Å². The van der Waals surface area contributed by atoms with E-state index in [0.29, 0.717) is 11.4 Å². The summed E-state index contributed by atoms with van der Waals surface area (Å²) in [4.78, 5) is 12.9. The molecule has 1 amide bonds. The van der Waals surface area contributed by atoms with Crippen molar-refractivity contribution < 1.29 is 4.79 Å². The van der Waals surface area contributed by atoms with E-state index < -0.39 is 0 Å². The van der Waals surface area contributed by atoms with Crippen LogP contribution in [0.2, 0.25) is 0 Å². The van der Waals surface area contributed by atoms with Crippen molar-refractivity contribution in [2.45, 2.75) is 4.90 Å². The number of carbonyl (C=O) groups is 1. The van der Waals surface area contributed by atoms with Gasteiger partial charge in [-0.15, -0.1) is 11.8 Å². The van der Waals surface area contributed by atoms with Crippen LogP contribution in [0, 0.1) is 0 Å². The lowest BCUT2D eigenvalue weighted by Crippen LogP contribution is -2.11. The molecule has 2 N–H and O–H groups in total. The highest BCUT2D eigenvalue weighted by molar-refractivity contribution is 7.98. The Morgan fingerprint density at radius 2 is 2.06 bits per heavy atom. The van der Waals surface area contributed by atoms with E-state index in [9.17, 15) is 4.79 Å². The van der Waals surface area contributed by atoms with E-state index in [1.807, 2.05) is 18.4 Å². The van der Waals surface area contributed by atoms with Crippen LogP contribution in [-0.4, -0.2) is 22.4 Å². The Hall–Kier alpha value is -1.75. The van der Waals surface area contributed by atoms with E-state index >= 15 is 0 Å². The quantitative estimate of drug-likeness (QED) is 0.800. The molecule has 5 heteroatoms. The summed E-state index contributed by atoms with van der Waals surface area (Å²) >= 11 is 1.65. The van der Waals surface area contributed by atoms with Gasteiger partial charge >= 0.3 is 0 Å². The molecule has 1 heterocycles. The Morgan fingerprint density at radius 3 is 2.62 bits per heavy atom. The summed E-state index contributed by atoms with van der Waals surface area (Å²) in [5.41, 5.74) is 0.632. The number of anilines is 1. The average Bonchev–Trinajstić information content (AvgIpc) is 2.82. The summed E-state index contributed by atoms with van der Waals surface area (Å²) in [5, 5.41) is 9.14. The van der Waals surface area contributed by atoms with E-state index in [2.05, 4.69) is 15.5 Å². The Bertz CT molecular complexity index is 464. The van der Waals surface area contributed by atoms with Crippen LogP contribution in [0.1, 0.15) is 10.4 Å². The number of aromatic amines is 1. The van der Waals surface area contributed by atoms with Crippen LogP contribution < -0.4 is 5.32 Å². The minimum atomic E-state index is -0.142. The van der Waals surface area contributed by atoms with Crippen LogP contribution >= 0.6 is 11.8 Å². The van der Waals surface area contributed by atoms with E-state index in [4.69, 9.17) is 0 Å². The van der Waals surface area contributed by atoms with Crippen LogP contribution in [0.4, 0.5) is 5.82 Å². The molecular weight excluding hydrogens is 222 g/mol. The predicted molar refractivity (Wildman–Crippen MR) is 64.8 cm³/mol. The summed E-state index contributed by atoms with van der Waals surface area (Å²) in [6.07, 6.45) is 3.59. The minimum absolute atomic E-state index is 0.142. The molecule has 4 nitrogen and oxygen atoms in total. The van der Waals surface area contributed by atoms with E-state index in [1.165, 1.54) is 0 Å². The number of aromatic nitrogens is 2. The molecule has 0 radical (unpaired) electrons. The normalized spacial score (nSPS) is 10.1. The zero-order valence-electron chi connectivity index (χ0n) is 8.73. The maximum atomic E-state index is 11.7. The maximum absolute atomic E-state index is 11.7. The van der Waals surface area contributed by atoms with Gasteiger partial charge in [-0.25, -0.2) is 0 Å². The second-order valence-corrected chi connectivity index (χ2v) is 4.03. The first-order valence-electron chi connectivity index (χ1n) is 4.74. The summed E-state index contributed by atoms with van der Waals surface area (Å²) < 4.78 is 0. The van der Waals surface area contributed by atoms with Crippen molar-refractivity contribution in [2.24, 2.45) is 0 Å². The third-order valence-electron chi connectivity index (χ3n) is 2.10. The molecule has 0 aliphatic rings. The van der Waals surface area contributed by atoms with Gasteiger partial charge in [0.1, 0.15) is 5.82 Å². The Labute approximate surface area is 97.5 Å². The molecule has 0 bridgehead atoms. The fraction of sp³-hybridized carbons (Fsp3) is 0.0909. The zero-order chi connectivity index (χ0) is 11.4. The summed E-state index contributed by atoms with van der Waals surface area (Å²) in [7, 11) is 0. The summed E-state index contributed by atoms with van der Waals surface area (Å²) in [6, 6.07) is 9.16. The number of hydrogen-bond donors (Lipinski definition) is 2. The van der Waals surface area contributed by atoms with Crippen molar-refractivity contribution in [2.75, 3.05) is 11.6 Å². The van der Waals surface area contributed by atoms with Gasteiger partial charge in [0.15, 0.2) is 0 Å². The van der Waals surface area contributed by atoms with E-state index in [0.717, 1.165) is 4.90 Å². The Morgan fingerprint density at radius 1 is 1.31 bits per heavy atom. The van der Waals surface area contributed by atoms with Gasteiger partial charge in [0.2, 0.25) is 0 Å². The molecule has 0 fully saturated rings. The molecule has 0 saturated carbocycles. The monoisotopic (exact) mass is 233 g/mol. The topological polar surface area (TPSA) is 57.8 Å². The fourth-order valence-electron chi connectivity index (χ4n) is 1.26. The molecule has 0 aliphatic carbocycles.